The number of likely N-dealkylation sites (tertiary alicyclic amines) is 1. The van der Waals surface area contributed by atoms with Gasteiger partial charge in [-0.3, -0.25) is 14.0 Å². The number of amides is 2. The number of aromatic nitrogens is 4. The molecular formula is C29H27N7O2. The summed E-state index contributed by atoms with van der Waals surface area (Å²) in [5, 5.41) is 2.80. The molecule has 3 atom stereocenters. The number of nitrogens with one attached hydrogen (secondary N) is 1. The molecule has 0 bridgehead atoms. The lowest BCUT2D eigenvalue weighted by Crippen LogP contribution is -2.32. The Labute approximate surface area is 220 Å². The van der Waals surface area contributed by atoms with Gasteiger partial charge in [0, 0.05) is 36.3 Å². The second kappa shape index (κ2) is 9.63. The van der Waals surface area contributed by atoms with E-state index in [0.29, 0.717) is 46.8 Å². The van der Waals surface area contributed by atoms with Crippen LogP contribution in [0, 0.1) is 23.7 Å². The fraction of sp³-hybridized carbons (Fsp3) is 0.276. The lowest BCUT2D eigenvalue weighted by Gasteiger charge is -2.25. The van der Waals surface area contributed by atoms with Crippen LogP contribution in [0.3, 0.4) is 0 Å². The molecule has 3 N–H and O–H groups in total. The average Bonchev–Trinajstić information content (AvgIpc) is 3.63. The highest BCUT2D eigenvalue weighted by Crippen LogP contribution is 2.49. The normalized spacial score (nSPS) is 20.1. The molecule has 0 radical (unpaired) electrons. The summed E-state index contributed by atoms with van der Waals surface area (Å²) >= 11 is 0. The molecule has 1 aromatic carbocycles. The van der Waals surface area contributed by atoms with Crippen LogP contribution in [0.15, 0.2) is 61.1 Å². The quantitative estimate of drug-likeness (QED) is 0.406. The minimum absolute atomic E-state index is 0.171. The van der Waals surface area contributed by atoms with Crippen molar-refractivity contribution in [2.75, 3.05) is 17.6 Å². The van der Waals surface area contributed by atoms with Crippen molar-refractivity contribution in [1.82, 2.24) is 24.3 Å². The van der Waals surface area contributed by atoms with Crippen molar-refractivity contribution in [3.8, 4) is 23.1 Å². The van der Waals surface area contributed by atoms with E-state index in [1.807, 2.05) is 33.7 Å². The van der Waals surface area contributed by atoms with Gasteiger partial charge in [-0.05, 0) is 61.8 Å². The summed E-state index contributed by atoms with van der Waals surface area (Å²) in [6, 6.07) is 12.4. The number of carbonyl (C=O) groups excluding carboxylic acids is 2. The number of nitrogens with two attached hydrogens (primary N) is 1. The van der Waals surface area contributed by atoms with E-state index in [1.54, 1.807) is 43.6 Å². The monoisotopic (exact) mass is 505 g/mol. The second-order valence-electron chi connectivity index (χ2n) is 9.73. The third-order valence-electron chi connectivity index (χ3n) is 7.59. The van der Waals surface area contributed by atoms with Crippen LogP contribution in [0.2, 0.25) is 0 Å². The van der Waals surface area contributed by atoms with Crippen molar-refractivity contribution in [2.45, 2.75) is 32.2 Å². The zero-order chi connectivity index (χ0) is 26.2. The molecule has 3 aromatic heterocycles. The number of carbonyl (C=O) groups is 2. The van der Waals surface area contributed by atoms with E-state index in [-0.39, 0.29) is 17.9 Å². The molecule has 9 heteroatoms. The zero-order valence-electron chi connectivity index (χ0n) is 21.0. The number of nitrogen functional groups attached to an aromatic ring is 1. The molecule has 2 amide bonds. The molecule has 2 fully saturated rings. The van der Waals surface area contributed by atoms with Gasteiger partial charge in [-0.2, -0.15) is 0 Å². The summed E-state index contributed by atoms with van der Waals surface area (Å²) in [6.07, 6.45) is 8.43. The molecule has 9 nitrogen and oxygen atoms in total. The van der Waals surface area contributed by atoms with Gasteiger partial charge in [-0.25, -0.2) is 15.0 Å². The van der Waals surface area contributed by atoms with Crippen LogP contribution in [-0.2, 0) is 4.79 Å². The Balaban J connectivity index is 1.39. The fourth-order valence-corrected chi connectivity index (χ4v) is 5.93. The number of hydrogen-bond donors (Lipinski definition) is 2. The predicted octanol–water partition coefficient (Wildman–Crippen LogP) is 3.95. The van der Waals surface area contributed by atoms with E-state index < -0.39 is 0 Å². The van der Waals surface area contributed by atoms with Crippen molar-refractivity contribution >= 4 is 29.0 Å². The number of hydrogen-bond acceptors (Lipinski definition) is 6. The maximum Gasteiger partial charge on any atom is 0.299 e. The molecule has 4 heterocycles. The summed E-state index contributed by atoms with van der Waals surface area (Å²) < 4.78 is 1.96. The van der Waals surface area contributed by atoms with Crippen LogP contribution < -0.4 is 11.1 Å². The van der Waals surface area contributed by atoms with E-state index >= 15 is 0 Å². The highest BCUT2D eigenvalue weighted by molar-refractivity contribution is 6.04. The summed E-state index contributed by atoms with van der Waals surface area (Å²) in [5.41, 5.74) is 9.02. The maximum atomic E-state index is 13.0. The predicted molar refractivity (Wildman–Crippen MR) is 144 cm³/mol. The van der Waals surface area contributed by atoms with Gasteiger partial charge in [0.25, 0.3) is 11.8 Å². The van der Waals surface area contributed by atoms with Crippen molar-refractivity contribution < 1.29 is 9.59 Å². The van der Waals surface area contributed by atoms with Crippen LogP contribution >= 0.6 is 0 Å². The Hall–Kier alpha value is -4.71. The molecule has 1 aliphatic heterocycles. The smallest absolute Gasteiger partial charge is 0.299 e. The first-order valence-corrected chi connectivity index (χ1v) is 12.7. The number of nitrogens with zero attached hydrogens (tertiary/aromatic N) is 5. The Morgan fingerprint density at radius 3 is 2.68 bits per heavy atom. The number of imidazole rings is 1. The first-order chi connectivity index (χ1) is 18.5. The second-order valence-corrected chi connectivity index (χ2v) is 9.73. The number of rotatable bonds is 4. The van der Waals surface area contributed by atoms with Gasteiger partial charge in [-0.15, -0.1) is 0 Å². The molecule has 2 unspecified atom stereocenters. The molecule has 4 aromatic rings. The maximum absolute atomic E-state index is 13.0. The highest BCUT2D eigenvalue weighted by atomic mass is 16.2. The molecule has 1 saturated carbocycles. The van der Waals surface area contributed by atoms with Gasteiger partial charge in [0.05, 0.1) is 6.04 Å². The third kappa shape index (κ3) is 4.04. The summed E-state index contributed by atoms with van der Waals surface area (Å²) in [6.45, 7) is 2.37. The molecular weight excluding hydrogens is 478 g/mol. The number of anilines is 2. The van der Waals surface area contributed by atoms with E-state index in [2.05, 4.69) is 27.1 Å². The Morgan fingerprint density at radius 1 is 1.08 bits per heavy atom. The van der Waals surface area contributed by atoms with Gasteiger partial charge in [0.2, 0.25) is 0 Å². The third-order valence-corrected chi connectivity index (χ3v) is 7.59. The van der Waals surface area contributed by atoms with Gasteiger partial charge in [0.15, 0.2) is 0 Å². The summed E-state index contributed by atoms with van der Waals surface area (Å²) in [7, 11) is 0. The van der Waals surface area contributed by atoms with Crippen LogP contribution in [0.5, 0.6) is 0 Å². The lowest BCUT2D eigenvalue weighted by atomic mass is 9.93. The summed E-state index contributed by atoms with van der Waals surface area (Å²) in [4.78, 5) is 41.2. The Morgan fingerprint density at radius 2 is 1.92 bits per heavy atom. The van der Waals surface area contributed by atoms with Crippen LogP contribution in [0.4, 0.5) is 11.6 Å². The summed E-state index contributed by atoms with van der Waals surface area (Å²) in [5.74, 6) is 7.42. The first-order valence-electron chi connectivity index (χ1n) is 12.7. The minimum Gasteiger partial charge on any atom is -0.382 e. The molecule has 38 heavy (non-hydrogen) atoms. The van der Waals surface area contributed by atoms with Gasteiger partial charge >= 0.3 is 0 Å². The standard InChI is InChI=1S/C29H27N7O2/c1-2-6-23(37)36-17-20-7-5-8-21(20)25(36)28-34-24(26-27(30)32-15-16-35(26)28)18-10-12-19(13-11-18)29(38)33-22-9-3-4-14-31-22/h3-4,9-16,20-21,25H,5,7-8,17H2,1H3,(H2,30,32)(H,31,33,38)/t20?,21?,25-/m0/s1. The average molecular weight is 506 g/mol. The van der Waals surface area contributed by atoms with E-state index in [4.69, 9.17) is 10.7 Å². The molecule has 6 rings (SSSR count). The van der Waals surface area contributed by atoms with Crippen LogP contribution in [0.25, 0.3) is 16.8 Å². The minimum atomic E-state index is -0.253. The van der Waals surface area contributed by atoms with Crippen molar-refractivity contribution in [2.24, 2.45) is 11.8 Å². The van der Waals surface area contributed by atoms with E-state index in [0.717, 1.165) is 30.7 Å². The Bertz CT molecular complexity index is 1580. The van der Waals surface area contributed by atoms with Crippen LogP contribution in [0.1, 0.15) is 48.4 Å². The molecule has 190 valence electrons. The number of benzene rings is 1. The van der Waals surface area contributed by atoms with Gasteiger partial charge < -0.3 is 16.0 Å². The van der Waals surface area contributed by atoms with E-state index in [9.17, 15) is 9.59 Å². The largest absolute Gasteiger partial charge is 0.382 e. The van der Waals surface area contributed by atoms with Crippen LogP contribution in [-0.4, -0.2) is 42.6 Å². The zero-order valence-corrected chi connectivity index (χ0v) is 21.0. The molecule has 2 aliphatic rings. The molecule has 0 spiro atoms. The Kier molecular flexibility index (Phi) is 6.00. The van der Waals surface area contributed by atoms with E-state index in [1.165, 1.54) is 0 Å². The SMILES string of the molecule is CC#CC(=O)N1CC2CCCC2[C@H]1c1nc(-c2ccc(C(=O)Nc3ccccn3)cc2)c2c(N)nccn12. The lowest BCUT2D eigenvalue weighted by molar-refractivity contribution is -0.126. The molecule has 1 saturated heterocycles. The van der Waals surface area contributed by atoms with Crippen molar-refractivity contribution in [1.29, 1.82) is 0 Å². The van der Waals surface area contributed by atoms with Gasteiger partial charge in [0.1, 0.15) is 28.7 Å². The fourth-order valence-electron chi connectivity index (χ4n) is 5.93. The van der Waals surface area contributed by atoms with Crippen molar-refractivity contribution in [3.05, 3.63) is 72.4 Å². The first kappa shape index (κ1) is 23.7. The number of pyridine rings is 1. The highest BCUT2D eigenvalue weighted by Gasteiger charge is 2.48. The topological polar surface area (TPSA) is 119 Å². The van der Waals surface area contributed by atoms with Crippen molar-refractivity contribution in [3.63, 3.8) is 0 Å². The molecule has 1 aliphatic carbocycles. The number of fused-ring (bicyclic) bond motifs is 2. The van der Waals surface area contributed by atoms with Gasteiger partial charge in [-0.1, -0.05) is 30.5 Å².